The Balaban J connectivity index is 2.52. The van der Waals surface area contributed by atoms with Crippen LogP contribution in [0, 0.1) is 5.92 Å². The highest BCUT2D eigenvalue weighted by atomic mass is 14.4. The lowest BCUT2D eigenvalue weighted by atomic mass is 9.91. The first-order valence-electron chi connectivity index (χ1n) is 4.80. The molecule has 0 amide bonds. The molecular formula is C12H16. The molecule has 0 fully saturated rings. The Bertz CT molecular complexity index is 259. The maximum atomic E-state index is 2.36. The third-order valence-corrected chi connectivity index (χ3v) is 3.55. The first-order chi connectivity index (χ1) is 5.72. The predicted octanol–water partition coefficient (Wildman–Crippen LogP) is 3.54. The molecule has 0 saturated heterocycles. The Hall–Kier alpha value is -0.780. The van der Waals surface area contributed by atoms with Crippen LogP contribution in [0.2, 0.25) is 0 Å². The highest BCUT2D eigenvalue weighted by molar-refractivity contribution is 5.38. The Morgan fingerprint density at radius 1 is 0.833 bits per heavy atom. The smallest absolute Gasteiger partial charge is 0.0156 e. The third-order valence-electron chi connectivity index (χ3n) is 3.55. The van der Waals surface area contributed by atoms with Crippen LogP contribution in [0.5, 0.6) is 0 Å². The second-order valence-corrected chi connectivity index (χ2v) is 4.07. The van der Waals surface area contributed by atoms with Gasteiger partial charge in [0.05, 0.1) is 0 Å². The Labute approximate surface area is 74.6 Å². The molecule has 1 aromatic carbocycles. The highest BCUT2D eigenvalue weighted by Gasteiger charge is 2.31. The van der Waals surface area contributed by atoms with Gasteiger partial charge >= 0.3 is 0 Å². The van der Waals surface area contributed by atoms with Crippen LogP contribution < -0.4 is 0 Å². The summed E-state index contributed by atoms with van der Waals surface area (Å²) >= 11 is 0. The number of fused-ring (bicyclic) bond motifs is 1. The fourth-order valence-corrected chi connectivity index (χ4v) is 2.34. The molecule has 64 valence electrons. The van der Waals surface area contributed by atoms with Crippen LogP contribution in [0.25, 0.3) is 0 Å². The monoisotopic (exact) mass is 160 g/mol. The summed E-state index contributed by atoms with van der Waals surface area (Å²) in [5.74, 6) is 2.30. The van der Waals surface area contributed by atoms with E-state index in [9.17, 15) is 0 Å². The first kappa shape index (κ1) is 7.85. The van der Waals surface area contributed by atoms with E-state index in [2.05, 4.69) is 45.0 Å². The van der Waals surface area contributed by atoms with E-state index in [1.165, 1.54) is 0 Å². The van der Waals surface area contributed by atoms with Gasteiger partial charge in [-0.15, -0.1) is 0 Å². The molecule has 1 aliphatic carbocycles. The molecule has 0 N–H and O–H groups in total. The molecule has 12 heavy (non-hydrogen) atoms. The SMILES string of the molecule is CC1[C@H](C)c2ccccc2[C@@H]1C. The predicted molar refractivity (Wildman–Crippen MR) is 52.4 cm³/mol. The molecule has 0 radical (unpaired) electrons. The van der Waals surface area contributed by atoms with Crippen LogP contribution in [0.3, 0.4) is 0 Å². The molecule has 0 spiro atoms. The molecule has 1 aliphatic rings. The maximum Gasteiger partial charge on any atom is -0.0156 e. The zero-order chi connectivity index (χ0) is 8.72. The van der Waals surface area contributed by atoms with Gasteiger partial charge in [-0.3, -0.25) is 0 Å². The van der Waals surface area contributed by atoms with E-state index in [0.717, 1.165) is 17.8 Å². The fourth-order valence-electron chi connectivity index (χ4n) is 2.34. The van der Waals surface area contributed by atoms with Crippen molar-refractivity contribution >= 4 is 0 Å². The van der Waals surface area contributed by atoms with Crippen LogP contribution in [-0.2, 0) is 0 Å². The van der Waals surface area contributed by atoms with Crippen LogP contribution in [0.4, 0.5) is 0 Å². The fraction of sp³-hybridized carbons (Fsp3) is 0.500. The van der Waals surface area contributed by atoms with Crippen molar-refractivity contribution in [3.63, 3.8) is 0 Å². The molecule has 0 heteroatoms. The van der Waals surface area contributed by atoms with Gasteiger partial charge in [0.1, 0.15) is 0 Å². The Morgan fingerprint density at radius 2 is 1.25 bits per heavy atom. The Morgan fingerprint density at radius 3 is 1.67 bits per heavy atom. The van der Waals surface area contributed by atoms with Crippen molar-refractivity contribution < 1.29 is 0 Å². The molecule has 0 aliphatic heterocycles. The topological polar surface area (TPSA) is 0 Å². The Kier molecular flexibility index (Phi) is 1.71. The summed E-state index contributed by atoms with van der Waals surface area (Å²) in [5, 5.41) is 0. The quantitative estimate of drug-likeness (QED) is 0.544. The van der Waals surface area contributed by atoms with E-state index in [4.69, 9.17) is 0 Å². The maximum absolute atomic E-state index is 2.36. The van der Waals surface area contributed by atoms with E-state index < -0.39 is 0 Å². The minimum absolute atomic E-state index is 0.746. The lowest BCUT2D eigenvalue weighted by molar-refractivity contribution is 0.464. The minimum atomic E-state index is 0.746. The van der Waals surface area contributed by atoms with Crippen molar-refractivity contribution in [3.8, 4) is 0 Å². The molecule has 0 aromatic heterocycles. The molecule has 0 heterocycles. The molecule has 0 nitrogen and oxygen atoms in total. The summed E-state index contributed by atoms with van der Waals surface area (Å²) in [6.45, 7) is 7.04. The van der Waals surface area contributed by atoms with Crippen molar-refractivity contribution in [2.75, 3.05) is 0 Å². The van der Waals surface area contributed by atoms with E-state index in [0.29, 0.717) is 0 Å². The molecular weight excluding hydrogens is 144 g/mol. The van der Waals surface area contributed by atoms with Gasteiger partial charge in [-0.05, 0) is 28.9 Å². The van der Waals surface area contributed by atoms with Gasteiger partial charge in [-0.1, -0.05) is 45.0 Å². The molecule has 1 aromatic rings. The van der Waals surface area contributed by atoms with Gasteiger partial charge in [-0.2, -0.15) is 0 Å². The summed E-state index contributed by atoms with van der Waals surface area (Å²) in [6, 6.07) is 8.86. The first-order valence-corrected chi connectivity index (χ1v) is 4.80. The number of hydrogen-bond acceptors (Lipinski definition) is 0. The zero-order valence-electron chi connectivity index (χ0n) is 8.04. The summed E-state index contributed by atoms with van der Waals surface area (Å²) in [5.41, 5.74) is 3.13. The van der Waals surface area contributed by atoms with Crippen LogP contribution in [-0.4, -0.2) is 0 Å². The minimum Gasteiger partial charge on any atom is -0.0620 e. The second kappa shape index (κ2) is 2.62. The van der Waals surface area contributed by atoms with E-state index in [1.54, 1.807) is 11.1 Å². The van der Waals surface area contributed by atoms with Crippen LogP contribution in [0.1, 0.15) is 43.7 Å². The zero-order valence-corrected chi connectivity index (χ0v) is 8.04. The summed E-state index contributed by atoms with van der Waals surface area (Å²) in [4.78, 5) is 0. The molecule has 3 atom stereocenters. The number of benzene rings is 1. The van der Waals surface area contributed by atoms with E-state index >= 15 is 0 Å². The average molecular weight is 160 g/mol. The van der Waals surface area contributed by atoms with Gasteiger partial charge < -0.3 is 0 Å². The van der Waals surface area contributed by atoms with E-state index in [-0.39, 0.29) is 0 Å². The molecule has 1 unspecified atom stereocenters. The van der Waals surface area contributed by atoms with Crippen molar-refractivity contribution in [3.05, 3.63) is 35.4 Å². The molecule has 0 bridgehead atoms. The van der Waals surface area contributed by atoms with E-state index in [1.807, 2.05) is 0 Å². The van der Waals surface area contributed by atoms with Crippen molar-refractivity contribution in [2.24, 2.45) is 5.92 Å². The lowest BCUT2D eigenvalue weighted by Crippen LogP contribution is -2.01. The van der Waals surface area contributed by atoms with Crippen molar-refractivity contribution in [1.29, 1.82) is 0 Å². The highest BCUT2D eigenvalue weighted by Crippen LogP contribution is 2.45. The van der Waals surface area contributed by atoms with Gasteiger partial charge in [0.25, 0.3) is 0 Å². The summed E-state index contributed by atoms with van der Waals surface area (Å²) in [6.07, 6.45) is 0. The van der Waals surface area contributed by atoms with Gasteiger partial charge in [0.15, 0.2) is 0 Å². The number of rotatable bonds is 0. The van der Waals surface area contributed by atoms with Crippen molar-refractivity contribution in [2.45, 2.75) is 32.6 Å². The average Bonchev–Trinajstić information content (AvgIpc) is 2.33. The second-order valence-electron chi connectivity index (χ2n) is 4.07. The van der Waals surface area contributed by atoms with Crippen LogP contribution >= 0.6 is 0 Å². The van der Waals surface area contributed by atoms with Gasteiger partial charge in [0, 0.05) is 0 Å². The largest absolute Gasteiger partial charge is 0.0620 e. The lowest BCUT2D eigenvalue weighted by Gasteiger charge is -2.13. The van der Waals surface area contributed by atoms with Crippen LogP contribution in [0.15, 0.2) is 24.3 Å². The molecule has 2 rings (SSSR count). The van der Waals surface area contributed by atoms with Gasteiger partial charge in [0.2, 0.25) is 0 Å². The summed E-state index contributed by atoms with van der Waals surface area (Å²) < 4.78 is 0. The third kappa shape index (κ3) is 0.906. The normalized spacial score (nSPS) is 33.4. The molecule has 0 saturated carbocycles. The standard InChI is InChI=1S/C12H16/c1-8-9(2)11-6-4-5-7-12(11)10(8)3/h4-10H,1-3H3/t8?,9-,10+. The summed E-state index contributed by atoms with van der Waals surface area (Å²) in [7, 11) is 0. The van der Waals surface area contributed by atoms with Gasteiger partial charge in [-0.25, -0.2) is 0 Å². The number of hydrogen-bond donors (Lipinski definition) is 0. The van der Waals surface area contributed by atoms with Crippen molar-refractivity contribution in [1.82, 2.24) is 0 Å².